The predicted octanol–water partition coefficient (Wildman–Crippen LogP) is 4.24. The molecule has 1 saturated carbocycles. The summed E-state index contributed by atoms with van der Waals surface area (Å²) < 4.78 is 0.888. The number of rotatable bonds is 5. The second-order valence-corrected chi connectivity index (χ2v) is 6.01. The van der Waals surface area contributed by atoms with Crippen molar-refractivity contribution in [2.24, 2.45) is 5.92 Å². The molecular weight excluding hydrogens is 226 g/mol. The van der Waals surface area contributed by atoms with Crippen LogP contribution in [0.25, 0.3) is 0 Å². The lowest BCUT2D eigenvalue weighted by Gasteiger charge is -2.11. The molecule has 1 heterocycles. The molecule has 2 rings (SSSR count). The van der Waals surface area contributed by atoms with Gasteiger partial charge in [0, 0.05) is 12.1 Å². The molecule has 0 radical (unpaired) electrons. The maximum Gasteiger partial charge on any atom is 0.0931 e. The molecule has 3 heteroatoms. The molecular formula is C12H18ClNS. The van der Waals surface area contributed by atoms with E-state index in [2.05, 4.69) is 30.6 Å². The van der Waals surface area contributed by atoms with Crippen LogP contribution >= 0.6 is 22.9 Å². The highest BCUT2D eigenvalue weighted by Crippen LogP contribution is 2.36. The Labute approximate surface area is 101 Å². The van der Waals surface area contributed by atoms with E-state index < -0.39 is 0 Å². The molecule has 3 unspecified atom stereocenters. The minimum absolute atomic E-state index is 0.445. The Hall–Kier alpha value is -0.0500. The van der Waals surface area contributed by atoms with Gasteiger partial charge in [-0.1, -0.05) is 24.9 Å². The second kappa shape index (κ2) is 4.86. The third-order valence-corrected chi connectivity index (χ3v) is 4.24. The minimum Gasteiger partial charge on any atom is -0.307 e. The van der Waals surface area contributed by atoms with Crippen LogP contribution in [0.3, 0.4) is 0 Å². The average molecular weight is 244 g/mol. The fourth-order valence-electron chi connectivity index (χ4n) is 2.11. The summed E-state index contributed by atoms with van der Waals surface area (Å²) in [6, 6.07) is 3.26. The molecule has 3 atom stereocenters. The molecule has 0 aromatic carbocycles. The van der Waals surface area contributed by atoms with E-state index in [1.807, 2.05) is 0 Å². The molecule has 84 valence electrons. The predicted molar refractivity (Wildman–Crippen MR) is 67.7 cm³/mol. The fraction of sp³-hybridized carbons (Fsp3) is 0.667. The summed E-state index contributed by atoms with van der Waals surface area (Å²) in [4.78, 5) is 0. The lowest BCUT2D eigenvalue weighted by atomic mass is 10.1. The first-order valence-electron chi connectivity index (χ1n) is 5.70. The first-order chi connectivity index (χ1) is 7.20. The third-order valence-electron chi connectivity index (χ3n) is 3.13. The Morgan fingerprint density at radius 2 is 2.47 bits per heavy atom. The van der Waals surface area contributed by atoms with E-state index in [0.29, 0.717) is 6.04 Å². The molecule has 0 bridgehead atoms. The van der Waals surface area contributed by atoms with Crippen molar-refractivity contribution in [3.05, 3.63) is 21.3 Å². The van der Waals surface area contributed by atoms with Gasteiger partial charge in [-0.25, -0.2) is 0 Å². The standard InChI is InChI=1S/C12H18ClNS/c1-3-4-9-5-11(9)14-8(2)10-6-12(13)15-7-10/h6-9,11,14H,3-5H2,1-2H3. The fourth-order valence-corrected chi connectivity index (χ4v) is 3.09. The monoisotopic (exact) mass is 243 g/mol. The molecule has 1 N–H and O–H groups in total. The minimum atomic E-state index is 0.445. The Morgan fingerprint density at radius 1 is 1.67 bits per heavy atom. The van der Waals surface area contributed by atoms with Gasteiger partial charge in [0.05, 0.1) is 4.34 Å². The first-order valence-corrected chi connectivity index (χ1v) is 6.96. The Kier molecular flexibility index (Phi) is 3.70. The van der Waals surface area contributed by atoms with E-state index in [-0.39, 0.29) is 0 Å². The number of hydrogen-bond donors (Lipinski definition) is 1. The summed E-state index contributed by atoms with van der Waals surface area (Å²) in [6.07, 6.45) is 4.03. The van der Waals surface area contributed by atoms with Crippen molar-refractivity contribution in [2.45, 2.75) is 45.2 Å². The molecule has 0 spiro atoms. The maximum absolute atomic E-state index is 5.93. The second-order valence-electron chi connectivity index (χ2n) is 4.46. The molecule has 0 saturated heterocycles. The van der Waals surface area contributed by atoms with Crippen LogP contribution in [0.4, 0.5) is 0 Å². The molecule has 1 nitrogen and oxygen atoms in total. The largest absolute Gasteiger partial charge is 0.307 e. The quantitative estimate of drug-likeness (QED) is 0.816. The molecule has 1 aromatic heterocycles. The Bertz CT molecular complexity index is 323. The van der Waals surface area contributed by atoms with Gasteiger partial charge < -0.3 is 5.32 Å². The number of nitrogens with one attached hydrogen (secondary N) is 1. The highest BCUT2D eigenvalue weighted by Gasteiger charge is 2.36. The molecule has 1 aliphatic rings. The summed E-state index contributed by atoms with van der Waals surface area (Å²) in [7, 11) is 0. The lowest BCUT2D eigenvalue weighted by Crippen LogP contribution is -2.21. The molecule has 0 amide bonds. The topological polar surface area (TPSA) is 12.0 Å². The van der Waals surface area contributed by atoms with Gasteiger partial charge in [0.15, 0.2) is 0 Å². The van der Waals surface area contributed by atoms with Crippen LogP contribution < -0.4 is 5.32 Å². The molecule has 0 aliphatic heterocycles. The normalized spacial score (nSPS) is 26.6. The van der Waals surface area contributed by atoms with Crippen molar-refractivity contribution in [3.8, 4) is 0 Å². The van der Waals surface area contributed by atoms with Crippen molar-refractivity contribution in [3.63, 3.8) is 0 Å². The van der Waals surface area contributed by atoms with E-state index in [0.717, 1.165) is 16.3 Å². The highest BCUT2D eigenvalue weighted by molar-refractivity contribution is 7.14. The van der Waals surface area contributed by atoms with Crippen molar-refractivity contribution in [1.82, 2.24) is 5.32 Å². The summed E-state index contributed by atoms with van der Waals surface area (Å²) in [6.45, 7) is 4.48. The zero-order valence-electron chi connectivity index (χ0n) is 9.29. The van der Waals surface area contributed by atoms with Crippen molar-refractivity contribution < 1.29 is 0 Å². The van der Waals surface area contributed by atoms with Crippen LogP contribution in [-0.4, -0.2) is 6.04 Å². The van der Waals surface area contributed by atoms with E-state index in [1.165, 1.54) is 24.8 Å². The van der Waals surface area contributed by atoms with Gasteiger partial charge in [-0.3, -0.25) is 0 Å². The zero-order valence-corrected chi connectivity index (χ0v) is 10.9. The molecule has 1 fully saturated rings. The summed E-state index contributed by atoms with van der Waals surface area (Å²) >= 11 is 7.54. The van der Waals surface area contributed by atoms with Crippen LogP contribution in [0.1, 0.15) is 44.7 Å². The van der Waals surface area contributed by atoms with E-state index >= 15 is 0 Å². The van der Waals surface area contributed by atoms with E-state index in [1.54, 1.807) is 11.3 Å². The van der Waals surface area contributed by atoms with E-state index in [9.17, 15) is 0 Å². The summed E-state index contributed by atoms with van der Waals surface area (Å²) in [5.74, 6) is 0.923. The number of hydrogen-bond acceptors (Lipinski definition) is 2. The van der Waals surface area contributed by atoms with Gasteiger partial charge in [-0.05, 0) is 42.7 Å². The van der Waals surface area contributed by atoms with Crippen molar-refractivity contribution in [1.29, 1.82) is 0 Å². The van der Waals surface area contributed by atoms with Gasteiger partial charge in [-0.2, -0.15) is 0 Å². The maximum atomic E-state index is 5.93. The van der Waals surface area contributed by atoms with Gasteiger partial charge in [0.25, 0.3) is 0 Å². The van der Waals surface area contributed by atoms with Gasteiger partial charge in [0.2, 0.25) is 0 Å². The van der Waals surface area contributed by atoms with E-state index in [4.69, 9.17) is 11.6 Å². The Morgan fingerprint density at radius 3 is 3.07 bits per heavy atom. The number of halogens is 1. The lowest BCUT2D eigenvalue weighted by molar-refractivity contribution is 0.531. The first kappa shape index (κ1) is 11.4. The SMILES string of the molecule is CCCC1CC1NC(C)c1csc(Cl)c1. The van der Waals surface area contributed by atoms with Gasteiger partial charge in [-0.15, -0.1) is 11.3 Å². The van der Waals surface area contributed by atoms with Crippen molar-refractivity contribution >= 4 is 22.9 Å². The van der Waals surface area contributed by atoms with Crippen LogP contribution in [0.15, 0.2) is 11.4 Å². The Balaban J connectivity index is 1.81. The highest BCUT2D eigenvalue weighted by atomic mass is 35.5. The molecule has 1 aromatic rings. The van der Waals surface area contributed by atoms with Crippen LogP contribution in [-0.2, 0) is 0 Å². The molecule has 15 heavy (non-hydrogen) atoms. The summed E-state index contributed by atoms with van der Waals surface area (Å²) in [5.41, 5.74) is 1.33. The smallest absolute Gasteiger partial charge is 0.0931 e. The average Bonchev–Trinajstić information content (AvgIpc) is 2.76. The van der Waals surface area contributed by atoms with Gasteiger partial charge >= 0.3 is 0 Å². The van der Waals surface area contributed by atoms with Crippen molar-refractivity contribution in [2.75, 3.05) is 0 Å². The zero-order chi connectivity index (χ0) is 10.8. The summed E-state index contributed by atoms with van der Waals surface area (Å²) in [5, 5.41) is 5.82. The third kappa shape index (κ3) is 2.96. The van der Waals surface area contributed by atoms with Crippen LogP contribution in [0, 0.1) is 5.92 Å². The molecule has 1 aliphatic carbocycles. The van der Waals surface area contributed by atoms with Gasteiger partial charge in [0.1, 0.15) is 0 Å². The number of thiophene rings is 1. The van der Waals surface area contributed by atoms with Crippen LogP contribution in [0.2, 0.25) is 4.34 Å². The van der Waals surface area contributed by atoms with Crippen LogP contribution in [0.5, 0.6) is 0 Å².